The Bertz CT molecular complexity index is 179. The summed E-state index contributed by atoms with van der Waals surface area (Å²) in [4.78, 5) is 11.1. The maximum atomic E-state index is 11.1. The summed E-state index contributed by atoms with van der Waals surface area (Å²) in [6.07, 6.45) is -0.440. The Kier molecular flexibility index (Phi) is 5.79. The van der Waals surface area contributed by atoms with Gasteiger partial charge in [-0.2, -0.15) is 0 Å². The first-order valence-corrected chi connectivity index (χ1v) is 8.60. The first kappa shape index (κ1) is 13.4. The van der Waals surface area contributed by atoms with Crippen LogP contribution in [-0.2, 0) is 4.74 Å². The molecular weight excluding hydrogens is 198 g/mol. The minimum absolute atomic E-state index is 0.0663. The molecular formula is C9H21NO3Si. The molecule has 0 rings (SSSR count). The van der Waals surface area contributed by atoms with E-state index in [2.05, 4.69) is 25.0 Å². The first-order chi connectivity index (χ1) is 6.35. The zero-order valence-corrected chi connectivity index (χ0v) is 10.5. The third-order valence-corrected chi connectivity index (χ3v) is 3.43. The number of carbonyl (C=O) groups excluding carboxylic acids is 1. The average Bonchev–Trinajstić information content (AvgIpc) is 2.01. The molecule has 0 radical (unpaired) electrons. The van der Waals surface area contributed by atoms with Gasteiger partial charge in [-0.3, -0.25) is 0 Å². The van der Waals surface area contributed by atoms with Crippen LogP contribution in [0, 0.1) is 0 Å². The quantitative estimate of drug-likeness (QED) is 0.688. The Morgan fingerprint density at radius 2 is 2.07 bits per heavy atom. The summed E-state index contributed by atoms with van der Waals surface area (Å²) in [6.45, 7) is 8.81. The predicted molar refractivity (Wildman–Crippen MR) is 59.2 cm³/mol. The van der Waals surface area contributed by atoms with Crippen molar-refractivity contribution in [1.29, 1.82) is 0 Å². The molecule has 0 aromatic rings. The molecule has 0 aliphatic carbocycles. The number of nitrogens with one attached hydrogen (secondary N) is 1. The van der Waals surface area contributed by atoms with Gasteiger partial charge in [-0.05, 0) is 13.0 Å². The molecule has 0 aliphatic heterocycles. The number of amides is 1. The molecule has 0 aromatic carbocycles. The van der Waals surface area contributed by atoms with Crippen LogP contribution in [-0.4, -0.2) is 38.5 Å². The van der Waals surface area contributed by atoms with Crippen molar-refractivity contribution in [2.75, 3.05) is 13.2 Å². The fourth-order valence-corrected chi connectivity index (χ4v) is 1.45. The van der Waals surface area contributed by atoms with Crippen LogP contribution in [0.3, 0.4) is 0 Å². The molecule has 1 amide bonds. The molecule has 0 saturated carbocycles. The zero-order valence-electron chi connectivity index (χ0n) is 9.46. The van der Waals surface area contributed by atoms with Gasteiger partial charge in [0, 0.05) is 8.07 Å². The highest BCUT2D eigenvalue weighted by molar-refractivity contribution is 6.76. The number of ether oxygens (including phenoxy) is 1. The fraction of sp³-hybridized carbons (Fsp3) is 0.889. The maximum Gasteiger partial charge on any atom is 0.407 e. The minimum atomic E-state index is -1.13. The molecule has 0 unspecified atom stereocenters. The summed E-state index contributed by atoms with van der Waals surface area (Å²) >= 11 is 0. The second-order valence-electron chi connectivity index (χ2n) is 4.67. The van der Waals surface area contributed by atoms with Gasteiger partial charge in [0.2, 0.25) is 0 Å². The number of rotatable bonds is 5. The van der Waals surface area contributed by atoms with Crippen LogP contribution in [0.2, 0.25) is 25.7 Å². The summed E-state index contributed by atoms with van der Waals surface area (Å²) in [5.74, 6) is 0. The standard InChI is InChI=1S/C9H21NO3Si/c1-8(7-11)10-9(12)13-5-6-14(2,3)4/h8,11H,5-7H2,1-4H3,(H,10,12)/t8-/m0/s1. The van der Waals surface area contributed by atoms with E-state index in [1.807, 2.05) is 0 Å². The van der Waals surface area contributed by atoms with Gasteiger partial charge in [0.1, 0.15) is 0 Å². The van der Waals surface area contributed by atoms with Gasteiger partial charge in [0.05, 0.1) is 19.3 Å². The summed E-state index contributed by atoms with van der Waals surface area (Å²) in [7, 11) is -1.13. The van der Waals surface area contributed by atoms with E-state index in [9.17, 15) is 4.79 Å². The normalized spacial score (nSPS) is 13.5. The Labute approximate surface area is 86.7 Å². The lowest BCUT2D eigenvalue weighted by atomic mass is 10.4. The Morgan fingerprint density at radius 1 is 1.50 bits per heavy atom. The maximum absolute atomic E-state index is 11.1. The summed E-state index contributed by atoms with van der Waals surface area (Å²) < 4.78 is 4.96. The summed E-state index contributed by atoms with van der Waals surface area (Å²) in [6, 6.07) is 0.725. The van der Waals surface area contributed by atoms with Crippen molar-refractivity contribution in [2.24, 2.45) is 0 Å². The third kappa shape index (κ3) is 8.06. The lowest BCUT2D eigenvalue weighted by Crippen LogP contribution is -2.36. The first-order valence-electron chi connectivity index (χ1n) is 4.89. The molecule has 5 heteroatoms. The largest absolute Gasteiger partial charge is 0.450 e. The van der Waals surface area contributed by atoms with Gasteiger partial charge in [0.25, 0.3) is 0 Å². The van der Waals surface area contributed by atoms with Crippen molar-refractivity contribution in [3.8, 4) is 0 Å². The minimum Gasteiger partial charge on any atom is -0.450 e. The van der Waals surface area contributed by atoms with Crippen LogP contribution >= 0.6 is 0 Å². The van der Waals surface area contributed by atoms with Crippen molar-refractivity contribution >= 4 is 14.2 Å². The van der Waals surface area contributed by atoms with Gasteiger partial charge in [-0.1, -0.05) is 19.6 Å². The number of carbonyl (C=O) groups is 1. The van der Waals surface area contributed by atoms with Crippen LogP contribution < -0.4 is 5.32 Å². The smallest absolute Gasteiger partial charge is 0.407 e. The van der Waals surface area contributed by atoms with Crippen molar-refractivity contribution in [3.05, 3.63) is 0 Å². The molecule has 0 aromatic heterocycles. The molecule has 0 spiro atoms. The van der Waals surface area contributed by atoms with E-state index in [0.29, 0.717) is 6.61 Å². The molecule has 0 bridgehead atoms. The number of aliphatic hydroxyl groups is 1. The number of hydrogen-bond acceptors (Lipinski definition) is 3. The van der Waals surface area contributed by atoms with E-state index in [-0.39, 0.29) is 12.6 Å². The van der Waals surface area contributed by atoms with Gasteiger partial charge in [-0.25, -0.2) is 4.79 Å². The van der Waals surface area contributed by atoms with Crippen LogP contribution in [0.1, 0.15) is 6.92 Å². The molecule has 2 N–H and O–H groups in total. The van der Waals surface area contributed by atoms with Crippen molar-refractivity contribution < 1.29 is 14.6 Å². The molecule has 0 fully saturated rings. The van der Waals surface area contributed by atoms with Crippen LogP contribution in [0.4, 0.5) is 4.79 Å². The lowest BCUT2D eigenvalue weighted by molar-refractivity contribution is 0.142. The molecule has 0 saturated heterocycles. The monoisotopic (exact) mass is 219 g/mol. The van der Waals surface area contributed by atoms with E-state index in [0.717, 1.165) is 6.04 Å². The van der Waals surface area contributed by atoms with E-state index >= 15 is 0 Å². The SMILES string of the molecule is C[C@@H](CO)NC(=O)OCC[Si](C)(C)C. The Morgan fingerprint density at radius 3 is 2.50 bits per heavy atom. The Hall–Kier alpha value is -0.553. The fourth-order valence-electron chi connectivity index (χ4n) is 0.738. The molecule has 14 heavy (non-hydrogen) atoms. The van der Waals surface area contributed by atoms with E-state index in [4.69, 9.17) is 9.84 Å². The highest BCUT2D eigenvalue weighted by Gasteiger charge is 2.14. The number of hydrogen-bond donors (Lipinski definition) is 2. The van der Waals surface area contributed by atoms with Crippen molar-refractivity contribution in [1.82, 2.24) is 5.32 Å². The predicted octanol–water partition coefficient (Wildman–Crippen LogP) is 1.43. The lowest BCUT2D eigenvalue weighted by Gasteiger charge is -2.16. The zero-order chi connectivity index (χ0) is 11.2. The van der Waals surface area contributed by atoms with Crippen molar-refractivity contribution in [2.45, 2.75) is 38.7 Å². The number of alkyl carbamates (subject to hydrolysis) is 1. The molecule has 84 valence electrons. The van der Waals surface area contributed by atoms with Gasteiger partial charge < -0.3 is 15.2 Å². The molecule has 0 aliphatic rings. The summed E-state index contributed by atoms with van der Waals surface area (Å²) in [5, 5.41) is 11.2. The van der Waals surface area contributed by atoms with Gasteiger partial charge in [0.15, 0.2) is 0 Å². The van der Waals surface area contributed by atoms with Crippen LogP contribution in [0.25, 0.3) is 0 Å². The van der Waals surface area contributed by atoms with Crippen molar-refractivity contribution in [3.63, 3.8) is 0 Å². The highest BCUT2D eigenvalue weighted by atomic mass is 28.3. The topological polar surface area (TPSA) is 58.6 Å². The molecule has 1 atom stereocenters. The number of aliphatic hydroxyl groups excluding tert-OH is 1. The third-order valence-electron chi connectivity index (χ3n) is 1.72. The van der Waals surface area contributed by atoms with Gasteiger partial charge >= 0.3 is 6.09 Å². The van der Waals surface area contributed by atoms with E-state index in [1.54, 1.807) is 6.92 Å². The molecule has 4 nitrogen and oxygen atoms in total. The van der Waals surface area contributed by atoms with Crippen LogP contribution in [0.5, 0.6) is 0 Å². The Balaban J connectivity index is 3.55. The summed E-state index contributed by atoms with van der Waals surface area (Å²) in [5.41, 5.74) is 0. The second-order valence-corrected chi connectivity index (χ2v) is 10.3. The second kappa shape index (κ2) is 6.03. The van der Waals surface area contributed by atoms with Gasteiger partial charge in [-0.15, -0.1) is 0 Å². The van der Waals surface area contributed by atoms with Crippen LogP contribution in [0.15, 0.2) is 0 Å². The molecule has 0 heterocycles. The average molecular weight is 219 g/mol. The van der Waals surface area contributed by atoms with E-state index < -0.39 is 14.2 Å². The van der Waals surface area contributed by atoms with E-state index in [1.165, 1.54) is 0 Å². The highest BCUT2D eigenvalue weighted by Crippen LogP contribution is 2.07.